The third-order valence-electron chi connectivity index (χ3n) is 2.23. The predicted octanol–water partition coefficient (Wildman–Crippen LogP) is 2.66. The van der Waals surface area contributed by atoms with Crippen LogP contribution in [0, 0.1) is 0 Å². The summed E-state index contributed by atoms with van der Waals surface area (Å²) in [5.74, 6) is 4.18. The molecule has 1 aromatic carbocycles. The van der Waals surface area contributed by atoms with E-state index >= 15 is 0 Å². The van der Waals surface area contributed by atoms with Gasteiger partial charge in [-0.3, -0.25) is 0 Å². The summed E-state index contributed by atoms with van der Waals surface area (Å²) in [5, 5.41) is 0. The van der Waals surface area contributed by atoms with E-state index < -0.39 is 0 Å². The van der Waals surface area contributed by atoms with Crippen molar-refractivity contribution in [2.45, 2.75) is 11.3 Å². The van der Waals surface area contributed by atoms with Crippen molar-refractivity contribution < 1.29 is 0 Å². The van der Waals surface area contributed by atoms with Crippen LogP contribution >= 0.6 is 10.7 Å². The molecule has 1 heterocycles. The highest BCUT2D eigenvalue weighted by Crippen LogP contribution is 2.33. The Hall–Kier alpha value is -1.02. The van der Waals surface area contributed by atoms with Crippen LogP contribution in [0.4, 0.5) is 0 Å². The van der Waals surface area contributed by atoms with Crippen LogP contribution in [0.2, 0.25) is 0 Å². The molecule has 0 saturated heterocycles. The highest BCUT2D eigenvalue weighted by molar-refractivity contribution is 8.12. The molecule has 2 rings (SSSR count). The number of fused-ring (bicyclic) bond motifs is 1. The number of hydrogen-bond acceptors (Lipinski definition) is 1. The normalized spacial score (nSPS) is 21.0. The summed E-state index contributed by atoms with van der Waals surface area (Å²) in [6, 6.07) is 8.54. The Labute approximate surface area is 81.8 Å². The Morgan fingerprint density at radius 2 is 2.15 bits per heavy atom. The predicted molar refractivity (Wildman–Crippen MR) is 60.0 cm³/mol. The van der Waals surface area contributed by atoms with Crippen LogP contribution in [0.5, 0.6) is 0 Å². The maximum Gasteiger partial charge on any atom is 0.0240 e. The first-order chi connectivity index (χ1) is 6.29. The number of hydrogen-bond donors (Lipinski definition) is 0. The van der Waals surface area contributed by atoms with Crippen LogP contribution in [-0.4, -0.2) is 17.2 Å². The lowest BCUT2D eigenvalue weighted by molar-refractivity contribution is 0.772. The standard InChI is InChI=1S/C11H13NS/c1-12-9-5-7-10-6-3-4-8-11(10)13(12)2/h3-6,8-9H,2,7H2,1H3. The first kappa shape index (κ1) is 8.57. The maximum absolute atomic E-state index is 4.18. The van der Waals surface area contributed by atoms with Crippen molar-refractivity contribution in [2.75, 3.05) is 7.05 Å². The van der Waals surface area contributed by atoms with Gasteiger partial charge in [-0.1, -0.05) is 40.8 Å². The molecule has 13 heavy (non-hydrogen) atoms. The Bertz CT molecular complexity index is 368. The number of allylic oxidation sites excluding steroid dienone is 1. The minimum absolute atomic E-state index is 0.0307. The molecule has 2 heteroatoms. The van der Waals surface area contributed by atoms with Gasteiger partial charge >= 0.3 is 0 Å². The Kier molecular flexibility index (Phi) is 2.23. The molecule has 1 unspecified atom stereocenters. The molecule has 0 saturated carbocycles. The van der Waals surface area contributed by atoms with Gasteiger partial charge in [-0.05, 0) is 18.1 Å². The van der Waals surface area contributed by atoms with Gasteiger partial charge < -0.3 is 4.31 Å². The zero-order valence-electron chi connectivity index (χ0n) is 7.73. The molecule has 0 bridgehead atoms. The molecule has 1 atom stereocenters. The highest BCUT2D eigenvalue weighted by atomic mass is 32.2. The van der Waals surface area contributed by atoms with E-state index in [9.17, 15) is 0 Å². The molecule has 0 spiro atoms. The summed E-state index contributed by atoms with van der Waals surface area (Å²) in [4.78, 5) is 1.37. The van der Waals surface area contributed by atoms with E-state index in [1.165, 1.54) is 10.5 Å². The van der Waals surface area contributed by atoms with E-state index in [0.29, 0.717) is 0 Å². The number of nitrogens with zero attached hydrogens (tertiary/aromatic N) is 1. The average molecular weight is 191 g/mol. The number of benzene rings is 1. The van der Waals surface area contributed by atoms with Crippen molar-refractivity contribution in [1.82, 2.24) is 4.31 Å². The SMILES string of the molecule is C=S1c2ccccc2CC=CN1C. The van der Waals surface area contributed by atoms with Gasteiger partial charge in [-0.2, -0.15) is 0 Å². The lowest BCUT2D eigenvalue weighted by Crippen LogP contribution is -2.00. The van der Waals surface area contributed by atoms with Crippen LogP contribution in [0.25, 0.3) is 0 Å². The second kappa shape index (κ2) is 3.38. The molecular weight excluding hydrogens is 178 g/mol. The molecule has 0 N–H and O–H groups in total. The van der Waals surface area contributed by atoms with Crippen molar-refractivity contribution in [3.05, 3.63) is 42.1 Å². The lowest BCUT2D eigenvalue weighted by Gasteiger charge is -2.18. The summed E-state index contributed by atoms with van der Waals surface area (Å²) >= 11 is 0. The lowest BCUT2D eigenvalue weighted by atomic mass is 10.1. The summed E-state index contributed by atoms with van der Waals surface area (Å²) in [5.41, 5.74) is 1.40. The van der Waals surface area contributed by atoms with Gasteiger partial charge in [-0.25, -0.2) is 0 Å². The topological polar surface area (TPSA) is 3.24 Å². The van der Waals surface area contributed by atoms with Gasteiger partial charge in [-0.15, -0.1) is 0 Å². The third-order valence-corrected chi connectivity index (χ3v) is 3.95. The minimum atomic E-state index is -0.0307. The summed E-state index contributed by atoms with van der Waals surface area (Å²) in [7, 11) is 2.05. The van der Waals surface area contributed by atoms with Gasteiger partial charge in [0, 0.05) is 18.1 Å². The smallest absolute Gasteiger partial charge is 0.0240 e. The van der Waals surface area contributed by atoms with E-state index in [2.05, 4.69) is 53.8 Å². The molecule has 0 fully saturated rings. The quantitative estimate of drug-likeness (QED) is 0.570. The van der Waals surface area contributed by atoms with Gasteiger partial charge in [0.2, 0.25) is 0 Å². The molecule has 1 nitrogen and oxygen atoms in total. The van der Waals surface area contributed by atoms with Crippen molar-refractivity contribution in [3.63, 3.8) is 0 Å². The molecule has 0 aromatic heterocycles. The van der Waals surface area contributed by atoms with Gasteiger partial charge in [0.25, 0.3) is 0 Å². The second-order valence-electron chi connectivity index (χ2n) is 3.11. The van der Waals surface area contributed by atoms with Crippen molar-refractivity contribution in [1.29, 1.82) is 0 Å². The monoisotopic (exact) mass is 191 g/mol. The Morgan fingerprint density at radius 3 is 3.00 bits per heavy atom. The summed E-state index contributed by atoms with van der Waals surface area (Å²) < 4.78 is 2.17. The molecule has 1 aliphatic rings. The Morgan fingerprint density at radius 1 is 1.38 bits per heavy atom. The molecule has 0 radical (unpaired) electrons. The fourth-order valence-electron chi connectivity index (χ4n) is 1.46. The van der Waals surface area contributed by atoms with Crippen LogP contribution in [-0.2, 0) is 6.42 Å². The third kappa shape index (κ3) is 1.54. The van der Waals surface area contributed by atoms with Crippen LogP contribution < -0.4 is 0 Å². The fourth-order valence-corrected chi connectivity index (χ4v) is 2.69. The zero-order chi connectivity index (χ0) is 9.26. The largest absolute Gasteiger partial charge is 0.329 e. The number of rotatable bonds is 0. The highest BCUT2D eigenvalue weighted by Gasteiger charge is 2.08. The molecule has 0 amide bonds. The summed E-state index contributed by atoms with van der Waals surface area (Å²) in [6.45, 7) is 0. The molecular formula is C11H13NS. The van der Waals surface area contributed by atoms with E-state index in [1.54, 1.807) is 0 Å². The maximum atomic E-state index is 4.18. The second-order valence-corrected chi connectivity index (χ2v) is 4.85. The zero-order valence-corrected chi connectivity index (χ0v) is 8.55. The molecule has 1 aliphatic heterocycles. The molecule has 1 aromatic rings. The molecule has 0 aliphatic carbocycles. The van der Waals surface area contributed by atoms with Crippen LogP contribution in [0.3, 0.4) is 0 Å². The van der Waals surface area contributed by atoms with Crippen molar-refractivity contribution in [2.24, 2.45) is 0 Å². The summed E-state index contributed by atoms with van der Waals surface area (Å²) in [6.07, 6.45) is 5.34. The van der Waals surface area contributed by atoms with Crippen molar-refractivity contribution >= 4 is 16.5 Å². The first-order valence-electron chi connectivity index (χ1n) is 4.30. The molecule has 68 valence electrons. The Balaban J connectivity index is 2.53. The fraction of sp³-hybridized carbons (Fsp3) is 0.182. The van der Waals surface area contributed by atoms with Crippen molar-refractivity contribution in [3.8, 4) is 0 Å². The van der Waals surface area contributed by atoms with Crippen LogP contribution in [0.15, 0.2) is 41.4 Å². The van der Waals surface area contributed by atoms with E-state index in [4.69, 9.17) is 0 Å². The van der Waals surface area contributed by atoms with E-state index in [1.807, 2.05) is 0 Å². The van der Waals surface area contributed by atoms with Gasteiger partial charge in [0.15, 0.2) is 0 Å². The van der Waals surface area contributed by atoms with E-state index in [-0.39, 0.29) is 10.7 Å². The van der Waals surface area contributed by atoms with E-state index in [0.717, 1.165) is 6.42 Å². The van der Waals surface area contributed by atoms with Crippen LogP contribution in [0.1, 0.15) is 5.56 Å². The van der Waals surface area contributed by atoms with Gasteiger partial charge in [0.1, 0.15) is 0 Å². The minimum Gasteiger partial charge on any atom is -0.329 e. The average Bonchev–Trinajstić information content (AvgIpc) is 2.29. The first-order valence-corrected chi connectivity index (χ1v) is 5.65. The van der Waals surface area contributed by atoms with Gasteiger partial charge in [0.05, 0.1) is 0 Å².